The average molecular weight is 498 g/mol. The van der Waals surface area contributed by atoms with Crippen molar-refractivity contribution in [2.24, 2.45) is 0 Å². The number of benzene rings is 2. The Bertz CT molecular complexity index is 1280. The molecule has 7 nitrogen and oxygen atoms in total. The van der Waals surface area contributed by atoms with Crippen molar-refractivity contribution in [2.45, 2.75) is 45.5 Å². The molecule has 34 heavy (non-hydrogen) atoms. The van der Waals surface area contributed by atoms with Crippen molar-refractivity contribution in [3.8, 4) is 0 Å². The van der Waals surface area contributed by atoms with Gasteiger partial charge in [-0.3, -0.25) is 0 Å². The maximum absolute atomic E-state index is 13.0. The maximum atomic E-state index is 13.0. The molecule has 2 aliphatic heterocycles. The van der Waals surface area contributed by atoms with Gasteiger partial charge in [-0.1, -0.05) is 35.3 Å². The normalized spacial score (nSPS) is 17.4. The molecule has 0 saturated carbocycles. The zero-order valence-corrected chi connectivity index (χ0v) is 20.7. The van der Waals surface area contributed by atoms with E-state index in [2.05, 4.69) is 33.2 Å². The van der Waals surface area contributed by atoms with E-state index in [9.17, 15) is 4.79 Å². The van der Waals surface area contributed by atoms with Crippen LogP contribution in [0.1, 0.15) is 49.2 Å². The van der Waals surface area contributed by atoms with Crippen LogP contribution in [0.25, 0.3) is 6.08 Å². The molecule has 3 aromatic rings. The molecule has 1 amide bonds. The van der Waals surface area contributed by atoms with Crippen LogP contribution in [0.15, 0.2) is 48.9 Å². The molecular formula is C25H25Cl2N5O2. The molecule has 2 aliphatic rings. The minimum atomic E-state index is -0.577. The van der Waals surface area contributed by atoms with Crippen LogP contribution in [0.4, 0.5) is 10.5 Å². The molecule has 0 bridgehead atoms. The Balaban J connectivity index is 1.51. The van der Waals surface area contributed by atoms with Crippen LogP contribution >= 0.6 is 23.2 Å². The average Bonchev–Trinajstić information content (AvgIpc) is 3.26. The second kappa shape index (κ2) is 8.64. The van der Waals surface area contributed by atoms with Crippen LogP contribution in [0.5, 0.6) is 0 Å². The van der Waals surface area contributed by atoms with Crippen LogP contribution in [0, 0.1) is 0 Å². The molecule has 5 rings (SSSR count). The van der Waals surface area contributed by atoms with Gasteiger partial charge in [0.2, 0.25) is 0 Å². The first-order chi connectivity index (χ1) is 16.2. The third-order valence-corrected chi connectivity index (χ3v) is 6.67. The van der Waals surface area contributed by atoms with E-state index in [1.807, 2.05) is 49.9 Å². The molecular weight excluding hydrogens is 473 g/mol. The topological polar surface area (TPSA) is 63.5 Å². The summed E-state index contributed by atoms with van der Waals surface area (Å²) in [6, 6.07) is 12.0. The van der Waals surface area contributed by atoms with Crippen LogP contribution < -0.4 is 4.90 Å². The van der Waals surface area contributed by atoms with E-state index in [-0.39, 0.29) is 12.0 Å². The molecule has 2 aromatic carbocycles. The Kier molecular flexibility index (Phi) is 5.78. The van der Waals surface area contributed by atoms with Gasteiger partial charge in [-0.2, -0.15) is 5.10 Å². The van der Waals surface area contributed by atoms with Gasteiger partial charge in [0.1, 0.15) is 18.6 Å². The van der Waals surface area contributed by atoms with Crippen LogP contribution in [-0.2, 0) is 18.0 Å². The minimum absolute atomic E-state index is 0.0566. The van der Waals surface area contributed by atoms with Gasteiger partial charge in [0, 0.05) is 30.9 Å². The highest BCUT2D eigenvalue weighted by Crippen LogP contribution is 2.38. The predicted molar refractivity (Wildman–Crippen MR) is 133 cm³/mol. The molecule has 1 unspecified atom stereocenters. The van der Waals surface area contributed by atoms with Gasteiger partial charge in [0.15, 0.2) is 5.82 Å². The zero-order chi connectivity index (χ0) is 24.0. The summed E-state index contributed by atoms with van der Waals surface area (Å²) in [5, 5.41) is 5.28. The number of carbonyl (C=O) groups excluding carboxylic acids is 1. The number of rotatable bonds is 2. The number of halogens is 2. The second-order valence-corrected chi connectivity index (χ2v) is 10.3. The summed E-state index contributed by atoms with van der Waals surface area (Å²) in [6.07, 6.45) is 5.15. The van der Waals surface area contributed by atoms with Crippen molar-refractivity contribution in [2.75, 3.05) is 11.4 Å². The fraction of sp³-hybridized carbons (Fsp3) is 0.320. The van der Waals surface area contributed by atoms with Gasteiger partial charge < -0.3 is 14.5 Å². The van der Waals surface area contributed by atoms with Gasteiger partial charge >= 0.3 is 6.09 Å². The number of fused-ring (bicyclic) bond motifs is 2. The van der Waals surface area contributed by atoms with Crippen molar-refractivity contribution in [3.63, 3.8) is 0 Å². The van der Waals surface area contributed by atoms with Gasteiger partial charge in [-0.25, -0.2) is 14.5 Å². The third kappa shape index (κ3) is 4.50. The summed E-state index contributed by atoms with van der Waals surface area (Å²) in [5.74, 6) is 0.767. The Morgan fingerprint density at radius 2 is 1.94 bits per heavy atom. The number of hydrogen-bond acceptors (Lipinski definition) is 5. The van der Waals surface area contributed by atoms with Gasteiger partial charge in [-0.05, 0) is 67.8 Å². The molecule has 0 N–H and O–H groups in total. The number of ether oxygens (including phenoxy) is 1. The molecule has 0 saturated heterocycles. The first kappa shape index (κ1) is 22.7. The van der Waals surface area contributed by atoms with E-state index in [0.717, 1.165) is 28.2 Å². The van der Waals surface area contributed by atoms with Crippen LogP contribution in [0.3, 0.4) is 0 Å². The lowest BCUT2D eigenvalue weighted by Crippen LogP contribution is -2.41. The lowest BCUT2D eigenvalue weighted by Gasteiger charge is -2.37. The fourth-order valence-electron chi connectivity index (χ4n) is 4.34. The molecule has 1 atom stereocenters. The first-order valence-electron chi connectivity index (χ1n) is 11.1. The first-order valence-corrected chi connectivity index (χ1v) is 11.8. The Morgan fingerprint density at radius 3 is 2.71 bits per heavy atom. The van der Waals surface area contributed by atoms with Gasteiger partial charge in [0.05, 0.1) is 10.0 Å². The summed E-state index contributed by atoms with van der Waals surface area (Å²) in [4.78, 5) is 21.1. The fourth-order valence-corrected chi connectivity index (χ4v) is 4.65. The molecule has 1 aromatic heterocycles. The van der Waals surface area contributed by atoms with Crippen molar-refractivity contribution >= 4 is 41.1 Å². The largest absolute Gasteiger partial charge is 0.444 e. The SMILES string of the molecule is CC(C)(C)OC(=O)N1Cc2cc(N3C=Cc4ncnn4C3)ccc2C(c2ccc(Cl)c(Cl)c2)C1. The number of aromatic nitrogens is 3. The summed E-state index contributed by atoms with van der Waals surface area (Å²) >= 11 is 12.5. The molecule has 3 heterocycles. The Hall–Kier alpha value is -3.03. The van der Waals surface area contributed by atoms with E-state index < -0.39 is 5.60 Å². The van der Waals surface area contributed by atoms with Crippen molar-refractivity contribution in [3.05, 3.63) is 81.5 Å². The summed E-state index contributed by atoms with van der Waals surface area (Å²) < 4.78 is 7.53. The molecule has 0 radical (unpaired) electrons. The maximum Gasteiger partial charge on any atom is 0.410 e. The van der Waals surface area contributed by atoms with Crippen LogP contribution in [-0.4, -0.2) is 37.9 Å². The summed E-state index contributed by atoms with van der Waals surface area (Å²) in [6.45, 7) is 7.14. The molecule has 9 heteroatoms. The number of nitrogens with zero attached hydrogens (tertiary/aromatic N) is 5. The van der Waals surface area contributed by atoms with Crippen molar-refractivity contribution in [1.82, 2.24) is 19.7 Å². The van der Waals surface area contributed by atoms with E-state index in [4.69, 9.17) is 27.9 Å². The lowest BCUT2D eigenvalue weighted by molar-refractivity contribution is 0.0213. The monoisotopic (exact) mass is 497 g/mol. The predicted octanol–water partition coefficient (Wildman–Crippen LogP) is 5.92. The Labute approximate surface area is 208 Å². The second-order valence-electron chi connectivity index (χ2n) is 9.51. The van der Waals surface area contributed by atoms with Gasteiger partial charge in [0.25, 0.3) is 0 Å². The molecule has 0 fully saturated rings. The lowest BCUT2D eigenvalue weighted by atomic mass is 9.84. The third-order valence-electron chi connectivity index (χ3n) is 5.93. The van der Waals surface area contributed by atoms with Crippen molar-refractivity contribution < 1.29 is 9.53 Å². The van der Waals surface area contributed by atoms with E-state index in [1.54, 1.807) is 17.3 Å². The number of hydrogen-bond donors (Lipinski definition) is 0. The summed E-state index contributed by atoms with van der Waals surface area (Å²) in [7, 11) is 0. The van der Waals surface area contributed by atoms with Gasteiger partial charge in [-0.15, -0.1) is 0 Å². The standard InChI is InChI=1S/C25H25Cl2N5O2/c1-25(2,3)34-24(33)31-12-17-10-18(30-9-8-23-28-14-29-32(23)15-30)5-6-19(17)20(13-31)16-4-7-21(26)22(27)11-16/h4-11,14,20H,12-13,15H2,1-3H3. The molecule has 0 spiro atoms. The van der Waals surface area contributed by atoms with E-state index in [0.29, 0.717) is 29.8 Å². The highest BCUT2D eigenvalue weighted by Gasteiger charge is 2.32. The smallest absolute Gasteiger partial charge is 0.410 e. The zero-order valence-electron chi connectivity index (χ0n) is 19.2. The number of anilines is 1. The number of carbonyl (C=O) groups is 1. The Morgan fingerprint density at radius 1 is 1.12 bits per heavy atom. The van der Waals surface area contributed by atoms with E-state index >= 15 is 0 Å². The quantitative estimate of drug-likeness (QED) is 0.439. The number of amides is 1. The minimum Gasteiger partial charge on any atom is -0.444 e. The van der Waals surface area contributed by atoms with Crippen LogP contribution in [0.2, 0.25) is 10.0 Å². The van der Waals surface area contributed by atoms with E-state index in [1.165, 1.54) is 0 Å². The molecule has 176 valence electrons. The molecule has 0 aliphatic carbocycles. The van der Waals surface area contributed by atoms with Crippen molar-refractivity contribution in [1.29, 1.82) is 0 Å². The summed E-state index contributed by atoms with van der Waals surface area (Å²) in [5.41, 5.74) is 3.65. The highest BCUT2D eigenvalue weighted by atomic mass is 35.5. The highest BCUT2D eigenvalue weighted by molar-refractivity contribution is 6.42.